The number of ketones is 1. The zero-order chi connectivity index (χ0) is 13.1. The number of hydrogen-bond acceptors (Lipinski definition) is 2. The second-order valence-electron chi connectivity index (χ2n) is 4.06. The Balaban J connectivity index is 2.42. The fraction of sp³-hybridized carbons (Fsp3) is 0.0667. The van der Waals surface area contributed by atoms with E-state index in [-0.39, 0.29) is 0 Å². The molecule has 0 aliphatic heterocycles. The van der Waals surface area contributed by atoms with Crippen LogP contribution in [0.1, 0.15) is 11.1 Å². The van der Waals surface area contributed by atoms with Gasteiger partial charge in [0.15, 0.2) is 0 Å². The standard InChI is InChI=1S/C15H12O3/c1-10-8-12-4-2-3-5-13(12)9-11(10)6-7-14(16)15(17)18/h2-9H,1H3,(H,17,18). The molecule has 2 aromatic carbocycles. The molecule has 0 saturated carbocycles. The molecular weight excluding hydrogens is 228 g/mol. The van der Waals surface area contributed by atoms with E-state index >= 15 is 0 Å². The molecule has 2 rings (SSSR count). The summed E-state index contributed by atoms with van der Waals surface area (Å²) >= 11 is 0. The van der Waals surface area contributed by atoms with E-state index in [2.05, 4.69) is 0 Å². The lowest BCUT2D eigenvalue weighted by Crippen LogP contribution is -2.08. The highest BCUT2D eigenvalue weighted by Crippen LogP contribution is 2.20. The second kappa shape index (κ2) is 4.84. The Morgan fingerprint density at radius 2 is 1.72 bits per heavy atom. The molecule has 0 bridgehead atoms. The van der Waals surface area contributed by atoms with E-state index in [9.17, 15) is 9.59 Å². The molecule has 3 heteroatoms. The molecule has 0 unspecified atom stereocenters. The lowest BCUT2D eigenvalue weighted by molar-refractivity contribution is -0.146. The minimum Gasteiger partial charge on any atom is -0.475 e. The number of benzene rings is 2. The highest BCUT2D eigenvalue weighted by Gasteiger charge is 2.06. The number of carbonyl (C=O) groups excluding carboxylic acids is 1. The number of carboxylic acid groups (broad SMARTS) is 1. The maximum Gasteiger partial charge on any atom is 0.376 e. The van der Waals surface area contributed by atoms with Gasteiger partial charge in [-0.2, -0.15) is 0 Å². The van der Waals surface area contributed by atoms with E-state index in [4.69, 9.17) is 5.11 Å². The van der Waals surface area contributed by atoms with E-state index in [1.807, 2.05) is 43.3 Å². The van der Waals surface area contributed by atoms with Crippen LogP contribution in [-0.4, -0.2) is 16.9 Å². The van der Waals surface area contributed by atoms with Crippen molar-refractivity contribution in [1.29, 1.82) is 0 Å². The minimum absolute atomic E-state index is 0.850. The first-order valence-corrected chi connectivity index (χ1v) is 5.52. The van der Waals surface area contributed by atoms with E-state index in [0.29, 0.717) is 0 Å². The Morgan fingerprint density at radius 1 is 1.11 bits per heavy atom. The third-order valence-electron chi connectivity index (χ3n) is 2.76. The SMILES string of the molecule is Cc1cc2ccccc2cc1C=CC(=O)C(=O)O. The van der Waals surface area contributed by atoms with Crippen molar-refractivity contribution in [2.24, 2.45) is 0 Å². The first-order chi connectivity index (χ1) is 8.58. The van der Waals surface area contributed by atoms with Crippen molar-refractivity contribution in [1.82, 2.24) is 0 Å². The van der Waals surface area contributed by atoms with Crippen LogP contribution in [0.3, 0.4) is 0 Å². The van der Waals surface area contributed by atoms with Crippen LogP contribution in [0.25, 0.3) is 16.8 Å². The molecule has 1 N–H and O–H groups in total. The van der Waals surface area contributed by atoms with Crippen LogP contribution in [0.15, 0.2) is 42.5 Å². The number of hydrogen-bond donors (Lipinski definition) is 1. The topological polar surface area (TPSA) is 54.4 Å². The Labute approximate surface area is 104 Å². The van der Waals surface area contributed by atoms with Crippen LogP contribution in [0.5, 0.6) is 0 Å². The number of aryl methyl sites for hydroxylation is 1. The van der Waals surface area contributed by atoms with Crippen molar-refractivity contribution < 1.29 is 14.7 Å². The van der Waals surface area contributed by atoms with Gasteiger partial charge >= 0.3 is 5.97 Å². The van der Waals surface area contributed by atoms with Gasteiger partial charge in [0.2, 0.25) is 0 Å². The van der Waals surface area contributed by atoms with Gasteiger partial charge in [-0.3, -0.25) is 4.79 Å². The van der Waals surface area contributed by atoms with Gasteiger partial charge in [-0.25, -0.2) is 4.79 Å². The van der Waals surface area contributed by atoms with E-state index in [1.165, 1.54) is 6.08 Å². The number of aliphatic carboxylic acids is 1. The summed E-state index contributed by atoms with van der Waals surface area (Å²) in [6, 6.07) is 11.8. The monoisotopic (exact) mass is 240 g/mol. The summed E-state index contributed by atoms with van der Waals surface area (Å²) in [6.45, 7) is 1.93. The molecule has 2 aromatic rings. The fourth-order valence-electron chi connectivity index (χ4n) is 1.79. The smallest absolute Gasteiger partial charge is 0.376 e. The quantitative estimate of drug-likeness (QED) is 0.663. The molecule has 3 nitrogen and oxygen atoms in total. The molecule has 0 radical (unpaired) electrons. The molecule has 0 spiro atoms. The Morgan fingerprint density at radius 3 is 2.33 bits per heavy atom. The van der Waals surface area contributed by atoms with Gasteiger partial charge in [-0.05, 0) is 41.0 Å². The van der Waals surface area contributed by atoms with Gasteiger partial charge in [-0.1, -0.05) is 36.4 Å². The van der Waals surface area contributed by atoms with Gasteiger partial charge in [0, 0.05) is 0 Å². The molecule has 0 fully saturated rings. The normalized spacial score (nSPS) is 10.9. The zero-order valence-electron chi connectivity index (χ0n) is 9.88. The molecule has 0 amide bonds. The largest absolute Gasteiger partial charge is 0.475 e. The maximum atomic E-state index is 11.0. The van der Waals surface area contributed by atoms with E-state index < -0.39 is 11.8 Å². The highest BCUT2D eigenvalue weighted by molar-refractivity contribution is 6.38. The fourth-order valence-corrected chi connectivity index (χ4v) is 1.79. The van der Waals surface area contributed by atoms with Gasteiger partial charge in [0.05, 0.1) is 0 Å². The van der Waals surface area contributed by atoms with Crippen LogP contribution in [0.2, 0.25) is 0 Å². The van der Waals surface area contributed by atoms with Crippen molar-refractivity contribution in [2.45, 2.75) is 6.92 Å². The first-order valence-electron chi connectivity index (χ1n) is 5.52. The summed E-state index contributed by atoms with van der Waals surface area (Å²) < 4.78 is 0. The van der Waals surface area contributed by atoms with Crippen LogP contribution >= 0.6 is 0 Å². The predicted molar refractivity (Wildman–Crippen MR) is 70.4 cm³/mol. The summed E-state index contributed by atoms with van der Waals surface area (Å²) in [5.74, 6) is -2.35. The van der Waals surface area contributed by atoms with Crippen molar-refractivity contribution in [3.05, 3.63) is 53.6 Å². The average molecular weight is 240 g/mol. The van der Waals surface area contributed by atoms with Gasteiger partial charge < -0.3 is 5.11 Å². The number of rotatable bonds is 3. The number of carbonyl (C=O) groups is 2. The molecule has 0 atom stereocenters. The first kappa shape index (κ1) is 12.0. The summed E-state index contributed by atoms with van der Waals surface area (Å²) in [7, 11) is 0. The molecule has 90 valence electrons. The summed E-state index contributed by atoms with van der Waals surface area (Å²) in [6.07, 6.45) is 2.62. The Bertz CT molecular complexity index is 654. The van der Waals surface area contributed by atoms with Crippen molar-refractivity contribution in [3.8, 4) is 0 Å². The zero-order valence-corrected chi connectivity index (χ0v) is 9.88. The molecule has 0 aliphatic rings. The van der Waals surface area contributed by atoms with E-state index in [1.54, 1.807) is 0 Å². The molecule has 0 heterocycles. The lowest BCUT2D eigenvalue weighted by Gasteiger charge is -2.03. The van der Waals surface area contributed by atoms with Gasteiger partial charge in [0.25, 0.3) is 5.78 Å². The molecule has 18 heavy (non-hydrogen) atoms. The second-order valence-corrected chi connectivity index (χ2v) is 4.06. The lowest BCUT2D eigenvalue weighted by atomic mass is 10.0. The van der Waals surface area contributed by atoms with Crippen LogP contribution in [0.4, 0.5) is 0 Å². The van der Waals surface area contributed by atoms with Crippen LogP contribution in [-0.2, 0) is 9.59 Å². The Kier molecular flexibility index (Phi) is 3.24. The summed E-state index contributed by atoms with van der Waals surface area (Å²) in [5, 5.41) is 10.7. The molecule has 0 aliphatic carbocycles. The van der Waals surface area contributed by atoms with Crippen molar-refractivity contribution in [3.63, 3.8) is 0 Å². The average Bonchev–Trinajstić information content (AvgIpc) is 2.35. The minimum atomic E-state index is -1.44. The molecular formula is C15H12O3. The third-order valence-corrected chi connectivity index (χ3v) is 2.76. The van der Waals surface area contributed by atoms with E-state index in [0.717, 1.165) is 28.0 Å². The third kappa shape index (κ3) is 2.46. The van der Waals surface area contributed by atoms with Gasteiger partial charge in [0.1, 0.15) is 0 Å². The van der Waals surface area contributed by atoms with Crippen molar-refractivity contribution in [2.75, 3.05) is 0 Å². The summed E-state index contributed by atoms with van der Waals surface area (Å²) in [4.78, 5) is 21.4. The highest BCUT2D eigenvalue weighted by atomic mass is 16.4. The van der Waals surface area contributed by atoms with Crippen molar-refractivity contribution >= 4 is 28.6 Å². The summed E-state index contributed by atoms with van der Waals surface area (Å²) in [5.41, 5.74) is 1.85. The Hall–Kier alpha value is -2.42. The van der Waals surface area contributed by atoms with Gasteiger partial charge in [-0.15, -0.1) is 0 Å². The van der Waals surface area contributed by atoms with Crippen LogP contribution < -0.4 is 0 Å². The number of fused-ring (bicyclic) bond motifs is 1. The predicted octanol–water partition coefficient (Wildman–Crippen LogP) is 2.82. The molecule has 0 saturated heterocycles. The molecule has 0 aromatic heterocycles. The van der Waals surface area contributed by atoms with Crippen LogP contribution in [0, 0.1) is 6.92 Å². The maximum absolute atomic E-state index is 11.0. The number of carboxylic acids is 1.